The summed E-state index contributed by atoms with van der Waals surface area (Å²) in [4.78, 5) is 18.1. The molecule has 5 aromatic rings. The Balaban J connectivity index is 1.22. The molecule has 11 heteroatoms. The normalized spacial score (nSPS) is 14.2. The molecule has 7 heterocycles. The Morgan fingerprint density at radius 2 is 2.06 bits per heavy atom. The van der Waals surface area contributed by atoms with Crippen molar-refractivity contribution >= 4 is 33.9 Å². The smallest absolute Gasteiger partial charge is 0.237 e. The SMILES string of the molecule is Cc1c(-c2cc3cc(Nc4cc5n(n4)Cc4nccn4CC5)ncc3c(N)n2)cnc2c1NCCO2. The van der Waals surface area contributed by atoms with Crippen LogP contribution < -0.4 is 21.1 Å². The summed E-state index contributed by atoms with van der Waals surface area (Å²) in [5, 5.41) is 13.2. The number of anilines is 4. The number of ether oxygens (including phenoxy) is 1. The number of hydrogen-bond donors (Lipinski definition) is 3. The van der Waals surface area contributed by atoms with Gasteiger partial charge in [-0.3, -0.25) is 4.68 Å². The minimum Gasteiger partial charge on any atom is -0.474 e. The van der Waals surface area contributed by atoms with Gasteiger partial charge in [-0.2, -0.15) is 5.10 Å². The third-order valence-electron chi connectivity index (χ3n) is 6.79. The van der Waals surface area contributed by atoms with Gasteiger partial charge in [-0.25, -0.2) is 19.9 Å². The molecule has 5 aromatic heterocycles. The molecule has 2 aliphatic heterocycles. The molecule has 0 saturated carbocycles. The lowest BCUT2D eigenvalue weighted by atomic mass is 10.0. The molecular weight excluding hydrogens is 456 g/mol. The van der Waals surface area contributed by atoms with Crippen LogP contribution in [0.25, 0.3) is 22.0 Å². The highest BCUT2D eigenvalue weighted by Crippen LogP contribution is 2.36. The predicted molar refractivity (Wildman–Crippen MR) is 136 cm³/mol. The Hall–Kier alpha value is -4.67. The van der Waals surface area contributed by atoms with Gasteiger partial charge in [0.2, 0.25) is 5.88 Å². The molecular formula is C25H24N10O. The van der Waals surface area contributed by atoms with Gasteiger partial charge < -0.3 is 25.7 Å². The van der Waals surface area contributed by atoms with E-state index in [1.54, 1.807) is 12.4 Å². The summed E-state index contributed by atoms with van der Waals surface area (Å²) in [5.74, 6) is 3.49. The van der Waals surface area contributed by atoms with E-state index < -0.39 is 0 Å². The minimum atomic E-state index is 0.423. The number of nitrogen functional groups attached to an aromatic ring is 1. The van der Waals surface area contributed by atoms with E-state index in [2.05, 4.69) is 41.2 Å². The molecule has 0 bridgehead atoms. The van der Waals surface area contributed by atoms with Crippen molar-refractivity contribution in [2.45, 2.75) is 26.4 Å². The molecule has 0 amide bonds. The molecule has 11 nitrogen and oxygen atoms in total. The Labute approximate surface area is 206 Å². The highest BCUT2D eigenvalue weighted by atomic mass is 16.5. The van der Waals surface area contributed by atoms with E-state index in [0.717, 1.165) is 70.1 Å². The van der Waals surface area contributed by atoms with Crippen molar-refractivity contribution in [1.29, 1.82) is 0 Å². The maximum absolute atomic E-state index is 6.34. The van der Waals surface area contributed by atoms with Crippen LogP contribution in [-0.4, -0.2) is 47.4 Å². The summed E-state index contributed by atoms with van der Waals surface area (Å²) in [6.07, 6.45) is 8.28. The lowest BCUT2D eigenvalue weighted by molar-refractivity contribution is 0.310. The van der Waals surface area contributed by atoms with Crippen molar-refractivity contribution < 1.29 is 4.74 Å². The van der Waals surface area contributed by atoms with Crippen LogP contribution in [0, 0.1) is 6.92 Å². The summed E-state index contributed by atoms with van der Waals surface area (Å²) in [5.41, 5.74) is 11.1. The van der Waals surface area contributed by atoms with E-state index in [-0.39, 0.29) is 0 Å². The van der Waals surface area contributed by atoms with E-state index in [4.69, 9.17) is 15.6 Å². The lowest BCUT2D eigenvalue weighted by Crippen LogP contribution is -2.20. The van der Waals surface area contributed by atoms with Crippen molar-refractivity contribution in [3.63, 3.8) is 0 Å². The first-order valence-corrected chi connectivity index (χ1v) is 11.9. The zero-order valence-electron chi connectivity index (χ0n) is 19.7. The number of aromatic nitrogens is 7. The molecule has 0 spiro atoms. The van der Waals surface area contributed by atoms with Gasteiger partial charge in [0.25, 0.3) is 0 Å². The number of aryl methyl sites for hydroxylation is 2. The van der Waals surface area contributed by atoms with Crippen LogP contribution in [0.2, 0.25) is 0 Å². The van der Waals surface area contributed by atoms with Gasteiger partial charge in [0.05, 0.1) is 12.2 Å². The fourth-order valence-corrected chi connectivity index (χ4v) is 4.91. The standard InChI is InChI=1S/C25H24N10O/c1-14-17(11-30-25-23(14)28-4-7-36-25)19-8-15-9-20(29-12-18(15)24(26)31-19)32-21-10-16-2-5-34-6-3-27-22(34)13-35(16)33-21/h3,6,8-12,28H,2,4-5,7,13H2,1H3,(H2,26,31)(H,29,32,33). The largest absolute Gasteiger partial charge is 0.474 e. The first-order valence-electron chi connectivity index (χ1n) is 11.9. The minimum absolute atomic E-state index is 0.423. The van der Waals surface area contributed by atoms with Gasteiger partial charge >= 0.3 is 0 Å². The van der Waals surface area contributed by atoms with E-state index in [1.165, 1.54) is 0 Å². The van der Waals surface area contributed by atoms with Crippen molar-refractivity contribution in [2.75, 3.05) is 29.5 Å². The molecule has 0 atom stereocenters. The van der Waals surface area contributed by atoms with E-state index >= 15 is 0 Å². The molecule has 180 valence electrons. The Kier molecular flexibility index (Phi) is 4.56. The highest BCUT2D eigenvalue weighted by Gasteiger charge is 2.19. The molecule has 4 N–H and O–H groups in total. The second-order valence-corrected chi connectivity index (χ2v) is 9.03. The molecule has 0 aromatic carbocycles. The van der Waals surface area contributed by atoms with Crippen LogP contribution in [0.5, 0.6) is 5.88 Å². The maximum atomic E-state index is 6.34. The summed E-state index contributed by atoms with van der Waals surface area (Å²) in [7, 11) is 0. The molecule has 36 heavy (non-hydrogen) atoms. The molecule has 0 radical (unpaired) electrons. The zero-order valence-corrected chi connectivity index (χ0v) is 19.7. The van der Waals surface area contributed by atoms with E-state index in [9.17, 15) is 0 Å². The first-order chi connectivity index (χ1) is 17.6. The average molecular weight is 481 g/mol. The van der Waals surface area contributed by atoms with Crippen molar-refractivity contribution in [2.24, 2.45) is 0 Å². The molecule has 2 aliphatic rings. The Morgan fingerprint density at radius 3 is 3.00 bits per heavy atom. The second-order valence-electron chi connectivity index (χ2n) is 9.03. The number of fused-ring (bicyclic) bond motifs is 4. The third kappa shape index (κ3) is 3.39. The number of nitrogens with zero attached hydrogens (tertiary/aromatic N) is 7. The number of imidazole rings is 1. The average Bonchev–Trinajstić information content (AvgIpc) is 3.45. The monoisotopic (exact) mass is 480 g/mol. The Morgan fingerprint density at radius 1 is 1.11 bits per heavy atom. The molecule has 0 unspecified atom stereocenters. The lowest BCUT2D eigenvalue weighted by Gasteiger charge is -2.21. The molecule has 7 rings (SSSR count). The van der Waals surface area contributed by atoms with Crippen LogP contribution in [0.3, 0.4) is 0 Å². The number of hydrogen-bond acceptors (Lipinski definition) is 9. The van der Waals surface area contributed by atoms with Gasteiger partial charge in [-0.05, 0) is 30.0 Å². The fraction of sp³-hybridized carbons (Fsp3) is 0.240. The van der Waals surface area contributed by atoms with Crippen molar-refractivity contribution in [3.05, 3.63) is 60.1 Å². The van der Waals surface area contributed by atoms with Crippen LogP contribution in [0.15, 0.2) is 43.0 Å². The summed E-state index contributed by atoms with van der Waals surface area (Å²) >= 11 is 0. The van der Waals surface area contributed by atoms with Gasteiger partial charge in [0.15, 0.2) is 5.82 Å². The van der Waals surface area contributed by atoms with E-state index in [0.29, 0.717) is 30.7 Å². The summed E-state index contributed by atoms with van der Waals surface area (Å²) in [6, 6.07) is 6.05. The van der Waals surface area contributed by atoms with Crippen molar-refractivity contribution in [3.8, 4) is 17.1 Å². The number of nitrogens with one attached hydrogen (secondary N) is 2. The quantitative estimate of drug-likeness (QED) is 0.356. The fourth-order valence-electron chi connectivity index (χ4n) is 4.91. The Bertz CT molecular complexity index is 1640. The number of nitrogens with two attached hydrogens (primary N) is 1. The summed E-state index contributed by atoms with van der Waals surface area (Å²) < 4.78 is 9.84. The van der Waals surface area contributed by atoms with Crippen LogP contribution in [0.4, 0.5) is 23.1 Å². The van der Waals surface area contributed by atoms with Gasteiger partial charge in [0.1, 0.15) is 29.8 Å². The number of rotatable bonds is 3. The molecule has 0 fully saturated rings. The number of pyridine rings is 3. The molecule has 0 saturated heterocycles. The highest BCUT2D eigenvalue weighted by molar-refractivity contribution is 5.95. The van der Waals surface area contributed by atoms with E-state index in [1.807, 2.05) is 36.1 Å². The van der Waals surface area contributed by atoms with Crippen molar-refractivity contribution in [1.82, 2.24) is 34.3 Å². The maximum Gasteiger partial charge on any atom is 0.237 e. The van der Waals surface area contributed by atoms with Crippen LogP contribution in [-0.2, 0) is 19.5 Å². The second kappa shape index (κ2) is 7.94. The van der Waals surface area contributed by atoms with Crippen LogP contribution >= 0.6 is 0 Å². The van der Waals surface area contributed by atoms with Gasteiger partial charge in [0, 0.05) is 67.0 Å². The predicted octanol–water partition coefficient (Wildman–Crippen LogP) is 3.13. The van der Waals surface area contributed by atoms with Gasteiger partial charge in [-0.15, -0.1) is 0 Å². The first kappa shape index (κ1) is 20.7. The topological polar surface area (TPSA) is 134 Å². The third-order valence-corrected chi connectivity index (χ3v) is 6.79. The van der Waals surface area contributed by atoms with Crippen LogP contribution in [0.1, 0.15) is 17.1 Å². The van der Waals surface area contributed by atoms with Gasteiger partial charge in [-0.1, -0.05) is 0 Å². The zero-order chi connectivity index (χ0) is 24.2. The molecule has 0 aliphatic carbocycles. The summed E-state index contributed by atoms with van der Waals surface area (Å²) in [6.45, 7) is 4.92.